The molecular weight excluding hydrogens is 422 g/mol. The summed E-state index contributed by atoms with van der Waals surface area (Å²) < 4.78 is 7.78. The standard InChI is InChI=1S/C25H27N3O3S/c1-15(2)31-20-8-6-5-7-18(20)19-13-21(29)26-23-22(19)24(30)27-25(28(23)4)32-14-17-11-9-16(3)10-12-17/h5-12,15,19H,13-14H2,1-4H3,(H,26,29). The van der Waals surface area contributed by atoms with Crippen LogP contribution in [0.1, 0.15) is 48.4 Å². The van der Waals surface area contributed by atoms with Crippen LogP contribution in [0.15, 0.2) is 58.5 Å². The number of aromatic nitrogens is 2. The van der Waals surface area contributed by atoms with E-state index >= 15 is 0 Å². The van der Waals surface area contributed by atoms with Gasteiger partial charge < -0.3 is 14.6 Å². The highest BCUT2D eigenvalue weighted by molar-refractivity contribution is 7.98. The van der Waals surface area contributed by atoms with Gasteiger partial charge in [0.1, 0.15) is 11.6 Å². The minimum Gasteiger partial charge on any atom is -0.491 e. The number of ether oxygens (including phenoxy) is 1. The fraction of sp³-hybridized carbons (Fsp3) is 0.320. The predicted octanol–water partition coefficient (Wildman–Crippen LogP) is 4.64. The minimum absolute atomic E-state index is 0.0189. The number of anilines is 1. The zero-order valence-electron chi connectivity index (χ0n) is 18.7. The largest absolute Gasteiger partial charge is 0.491 e. The van der Waals surface area contributed by atoms with Gasteiger partial charge in [-0.15, -0.1) is 0 Å². The van der Waals surface area contributed by atoms with Crippen LogP contribution in [0.4, 0.5) is 5.82 Å². The molecule has 0 radical (unpaired) electrons. The van der Waals surface area contributed by atoms with Gasteiger partial charge in [-0.25, -0.2) is 0 Å². The average molecular weight is 450 g/mol. The number of thioether (sulfide) groups is 1. The molecule has 0 saturated carbocycles. The van der Waals surface area contributed by atoms with Gasteiger partial charge in [-0.3, -0.25) is 9.59 Å². The van der Waals surface area contributed by atoms with E-state index in [1.54, 1.807) is 0 Å². The van der Waals surface area contributed by atoms with Crippen LogP contribution in [-0.4, -0.2) is 21.6 Å². The smallest absolute Gasteiger partial charge is 0.279 e. The molecule has 6 nitrogen and oxygen atoms in total. The summed E-state index contributed by atoms with van der Waals surface area (Å²) in [5.74, 6) is 1.35. The Morgan fingerprint density at radius 2 is 1.88 bits per heavy atom. The van der Waals surface area contributed by atoms with Crippen LogP contribution in [0, 0.1) is 6.92 Å². The Hall–Kier alpha value is -3.06. The van der Waals surface area contributed by atoms with E-state index in [4.69, 9.17) is 4.74 Å². The Morgan fingerprint density at radius 1 is 1.16 bits per heavy atom. The number of hydrogen-bond acceptors (Lipinski definition) is 5. The Labute approximate surface area is 192 Å². The van der Waals surface area contributed by atoms with Crippen LogP contribution < -0.4 is 15.6 Å². The van der Waals surface area contributed by atoms with Crippen molar-refractivity contribution in [1.82, 2.24) is 9.55 Å². The first-order chi connectivity index (χ1) is 15.3. The van der Waals surface area contributed by atoms with E-state index in [1.165, 1.54) is 17.3 Å². The van der Waals surface area contributed by atoms with Crippen molar-refractivity contribution in [3.63, 3.8) is 0 Å². The lowest BCUT2D eigenvalue weighted by Crippen LogP contribution is -2.33. The first-order valence-corrected chi connectivity index (χ1v) is 11.7. The molecule has 1 unspecified atom stereocenters. The van der Waals surface area contributed by atoms with Crippen molar-refractivity contribution in [2.75, 3.05) is 5.32 Å². The van der Waals surface area contributed by atoms with Crippen LogP contribution >= 0.6 is 11.8 Å². The average Bonchev–Trinajstić information content (AvgIpc) is 2.75. The van der Waals surface area contributed by atoms with Crippen molar-refractivity contribution in [1.29, 1.82) is 0 Å². The van der Waals surface area contributed by atoms with E-state index in [-0.39, 0.29) is 24.0 Å². The Balaban J connectivity index is 1.72. The van der Waals surface area contributed by atoms with Crippen LogP contribution in [0.5, 0.6) is 5.75 Å². The summed E-state index contributed by atoms with van der Waals surface area (Å²) in [6.07, 6.45) is 0.160. The molecule has 1 aromatic heterocycles. The van der Waals surface area contributed by atoms with Crippen molar-refractivity contribution >= 4 is 23.5 Å². The molecule has 1 atom stereocenters. The third kappa shape index (κ3) is 4.58. The number of fused-ring (bicyclic) bond motifs is 1. The first-order valence-electron chi connectivity index (χ1n) is 10.7. The fourth-order valence-corrected chi connectivity index (χ4v) is 4.81. The number of carbonyl (C=O) groups is 1. The van der Waals surface area contributed by atoms with E-state index < -0.39 is 5.92 Å². The molecule has 1 aliphatic rings. The summed E-state index contributed by atoms with van der Waals surface area (Å²) >= 11 is 1.48. The molecule has 0 fully saturated rings. The number of carbonyl (C=O) groups excluding carboxylic acids is 1. The highest BCUT2D eigenvalue weighted by Crippen LogP contribution is 2.39. The maximum atomic E-state index is 13.2. The monoisotopic (exact) mass is 449 g/mol. The molecular formula is C25H27N3O3S. The molecule has 0 bridgehead atoms. The molecule has 1 amide bonds. The van der Waals surface area contributed by atoms with Crippen LogP contribution in [-0.2, 0) is 17.6 Å². The molecule has 1 aliphatic heterocycles. The Bertz CT molecular complexity index is 1200. The van der Waals surface area contributed by atoms with Gasteiger partial charge in [-0.1, -0.05) is 59.8 Å². The number of nitrogens with zero attached hydrogens (tertiary/aromatic N) is 2. The highest BCUT2D eigenvalue weighted by atomic mass is 32.2. The van der Waals surface area contributed by atoms with Crippen molar-refractivity contribution in [2.45, 2.75) is 50.1 Å². The summed E-state index contributed by atoms with van der Waals surface area (Å²) in [5, 5.41) is 3.48. The molecule has 0 saturated heterocycles. The topological polar surface area (TPSA) is 73.2 Å². The molecule has 1 N–H and O–H groups in total. The van der Waals surface area contributed by atoms with Gasteiger partial charge in [0.25, 0.3) is 5.56 Å². The Morgan fingerprint density at radius 3 is 2.59 bits per heavy atom. The summed E-state index contributed by atoms with van der Waals surface area (Å²) in [6, 6.07) is 15.9. The minimum atomic E-state index is -0.406. The molecule has 0 aliphatic carbocycles. The summed E-state index contributed by atoms with van der Waals surface area (Å²) in [7, 11) is 1.84. The van der Waals surface area contributed by atoms with Gasteiger partial charge in [-0.2, -0.15) is 4.98 Å². The lowest BCUT2D eigenvalue weighted by molar-refractivity contribution is -0.116. The molecule has 4 rings (SSSR count). The van der Waals surface area contributed by atoms with E-state index in [1.807, 2.05) is 49.7 Å². The van der Waals surface area contributed by atoms with E-state index in [0.29, 0.717) is 28.0 Å². The lowest BCUT2D eigenvalue weighted by Gasteiger charge is -2.28. The third-order valence-electron chi connectivity index (χ3n) is 5.45. The quantitative estimate of drug-likeness (QED) is 0.438. The SMILES string of the molecule is Cc1ccc(CSc2nc(=O)c3c(n2C)NC(=O)CC3c2ccccc2OC(C)C)cc1. The molecule has 7 heteroatoms. The summed E-state index contributed by atoms with van der Waals surface area (Å²) in [6.45, 7) is 5.96. The van der Waals surface area contributed by atoms with Gasteiger partial charge in [0.05, 0.1) is 11.7 Å². The normalized spacial score (nSPS) is 15.4. The van der Waals surface area contributed by atoms with Crippen LogP contribution in [0.25, 0.3) is 0 Å². The first kappa shape index (κ1) is 22.1. The number of aryl methyl sites for hydroxylation is 1. The van der Waals surface area contributed by atoms with Gasteiger partial charge in [0.2, 0.25) is 5.91 Å². The second kappa shape index (κ2) is 9.20. The second-order valence-corrected chi connectivity index (χ2v) is 9.25. The maximum Gasteiger partial charge on any atom is 0.279 e. The lowest BCUT2D eigenvalue weighted by atomic mass is 9.86. The number of rotatable bonds is 6. The zero-order chi connectivity index (χ0) is 22.8. The van der Waals surface area contributed by atoms with Gasteiger partial charge in [-0.05, 0) is 32.4 Å². The molecule has 3 aromatic rings. The number of benzene rings is 2. The molecule has 2 heterocycles. The summed E-state index contributed by atoms with van der Waals surface area (Å²) in [4.78, 5) is 30.2. The van der Waals surface area contributed by atoms with Crippen molar-refractivity contribution in [3.05, 3.63) is 81.1 Å². The molecule has 32 heavy (non-hydrogen) atoms. The highest BCUT2D eigenvalue weighted by Gasteiger charge is 2.33. The van der Waals surface area contributed by atoms with Crippen molar-refractivity contribution < 1.29 is 9.53 Å². The van der Waals surface area contributed by atoms with Crippen molar-refractivity contribution in [3.8, 4) is 5.75 Å². The number of para-hydroxylation sites is 1. The molecule has 166 valence electrons. The second-order valence-electron chi connectivity index (χ2n) is 8.30. The van der Waals surface area contributed by atoms with E-state index in [2.05, 4.69) is 41.5 Å². The predicted molar refractivity (Wildman–Crippen MR) is 128 cm³/mol. The molecule has 0 spiro atoms. The van der Waals surface area contributed by atoms with Gasteiger partial charge in [0.15, 0.2) is 5.16 Å². The fourth-order valence-electron chi connectivity index (χ4n) is 3.89. The number of amides is 1. The van der Waals surface area contributed by atoms with Crippen LogP contribution in [0.2, 0.25) is 0 Å². The summed E-state index contributed by atoms with van der Waals surface area (Å²) in [5.41, 5.74) is 3.37. The number of nitrogens with one attached hydrogen (secondary N) is 1. The molecule has 2 aromatic carbocycles. The zero-order valence-corrected chi connectivity index (χ0v) is 19.5. The van der Waals surface area contributed by atoms with E-state index in [0.717, 1.165) is 11.1 Å². The van der Waals surface area contributed by atoms with E-state index in [9.17, 15) is 9.59 Å². The van der Waals surface area contributed by atoms with Gasteiger partial charge >= 0.3 is 0 Å². The number of hydrogen-bond donors (Lipinski definition) is 1. The Kier molecular flexibility index (Phi) is 6.37. The maximum absolute atomic E-state index is 13.2. The third-order valence-corrected chi connectivity index (χ3v) is 6.55. The van der Waals surface area contributed by atoms with Crippen molar-refractivity contribution in [2.24, 2.45) is 7.05 Å². The van der Waals surface area contributed by atoms with Gasteiger partial charge in [0, 0.05) is 30.7 Å². The van der Waals surface area contributed by atoms with Crippen LogP contribution in [0.3, 0.4) is 0 Å².